The average Bonchev–Trinajstić information content (AvgIpc) is 2.19. The highest BCUT2D eigenvalue weighted by Crippen LogP contribution is 2.48. The van der Waals surface area contributed by atoms with E-state index in [1.54, 1.807) is 6.08 Å². The molecule has 17 heavy (non-hydrogen) atoms. The fraction of sp³-hybridized carbons (Fsp3) is 0.750. The smallest absolute Gasteiger partial charge is 0.264 e. The third kappa shape index (κ3) is 2.60. The number of rotatable bonds is 2. The Morgan fingerprint density at radius 2 is 2.12 bits per heavy atom. The zero-order chi connectivity index (χ0) is 12.7. The van der Waals surface area contributed by atoms with Crippen LogP contribution in [-0.4, -0.2) is 26.6 Å². The zero-order valence-corrected chi connectivity index (χ0v) is 11.0. The van der Waals surface area contributed by atoms with Crippen LogP contribution in [0.5, 0.6) is 0 Å². The van der Waals surface area contributed by atoms with Crippen LogP contribution in [0.1, 0.15) is 39.0 Å². The van der Waals surface area contributed by atoms with E-state index in [1.807, 2.05) is 6.92 Å². The second kappa shape index (κ2) is 4.21. The van der Waals surface area contributed by atoms with Crippen molar-refractivity contribution in [2.24, 2.45) is 5.41 Å². The van der Waals surface area contributed by atoms with Crippen molar-refractivity contribution in [3.63, 3.8) is 0 Å². The first-order valence-corrected chi connectivity index (χ1v) is 7.75. The molecule has 0 bridgehead atoms. The molecule has 0 heterocycles. The fourth-order valence-corrected chi connectivity index (χ4v) is 3.59. The molecule has 2 atom stereocenters. The Morgan fingerprint density at radius 1 is 1.41 bits per heavy atom. The predicted molar refractivity (Wildman–Crippen MR) is 64.0 cm³/mol. The highest BCUT2D eigenvalue weighted by Gasteiger charge is 2.44. The molecule has 0 aliphatic heterocycles. The van der Waals surface area contributed by atoms with Crippen molar-refractivity contribution < 1.29 is 17.4 Å². The number of hydrogen-bond acceptors (Lipinski definition) is 4. The quantitative estimate of drug-likeness (QED) is 0.709. The molecule has 0 spiro atoms. The van der Waals surface area contributed by atoms with E-state index in [-0.39, 0.29) is 17.3 Å². The summed E-state index contributed by atoms with van der Waals surface area (Å²) in [4.78, 5) is 11.4. The van der Waals surface area contributed by atoms with E-state index >= 15 is 0 Å². The lowest BCUT2D eigenvalue weighted by Gasteiger charge is -2.44. The van der Waals surface area contributed by atoms with Crippen molar-refractivity contribution in [2.75, 3.05) is 6.26 Å². The second-order valence-electron chi connectivity index (χ2n) is 5.23. The Bertz CT molecular complexity index is 463. The Morgan fingerprint density at radius 3 is 2.76 bits per heavy atom. The van der Waals surface area contributed by atoms with E-state index in [2.05, 4.69) is 0 Å². The van der Waals surface area contributed by atoms with Crippen molar-refractivity contribution in [1.29, 1.82) is 0 Å². The van der Waals surface area contributed by atoms with Gasteiger partial charge in [0.1, 0.15) is 0 Å². The molecular weight excluding hydrogens is 240 g/mol. The Balaban J connectivity index is 2.30. The van der Waals surface area contributed by atoms with E-state index in [1.165, 1.54) is 0 Å². The van der Waals surface area contributed by atoms with E-state index in [0.717, 1.165) is 31.1 Å². The lowest BCUT2D eigenvalue weighted by molar-refractivity contribution is -0.116. The van der Waals surface area contributed by atoms with Crippen molar-refractivity contribution >= 4 is 15.9 Å². The summed E-state index contributed by atoms with van der Waals surface area (Å²) in [6, 6.07) is 0. The minimum Gasteiger partial charge on any atom is -0.295 e. The number of carbonyl (C=O) groups excluding carboxylic acids is 1. The van der Waals surface area contributed by atoms with E-state index in [0.29, 0.717) is 12.8 Å². The van der Waals surface area contributed by atoms with Gasteiger partial charge in [-0.05, 0) is 31.8 Å². The van der Waals surface area contributed by atoms with Gasteiger partial charge < -0.3 is 0 Å². The van der Waals surface area contributed by atoms with E-state index in [9.17, 15) is 13.2 Å². The fourth-order valence-electron chi connectivity index (χ4n) is 2.86. The van der Waals surface area contributed by atoms with Crippen molar-refractivity contribution in [2.45, 2.75) is 45.1 Å². The molecule has 96 valence electrons. The first kappa shape index (κ1) is 12.8. The van der Waals surface area contributed by atoms with Crippen molar-refractivity contribution in [3.05, 3.63) is 11.6 Å². The lowest BCUT2D eigenvalue weighted by Crippen LogP contribution is -2.42. The first-order valence-electron chi connectivity index (χ1n) is 5.93. The number of allylic oxidation sites excluding steroid dienone is 1. The molecule has 0 aromatic heterocycles. The Kier molecular flexibility index (Phi) is 3.16. The minimum absolute atomic E-state index is 0.150. The van der Waals surface area contributed by atoms with Crippen LogP contribution in [0, 0.1) is 5.41 Å². The maximum atomic E-state index is 11.4. The molecule has 0 aromatic rings. The third-order valence-electron chi connectivity index (χ3n) is 3.87. The van der Waals surface area contributed by atoms with Gasteiger partial charge in [0.25, 0.3) is 10.1 Å². The van der Waals surface area contributed by atoms with Crippen LogP contribution in [0.2, 0.25) is 0 Å². The van der Waals surface area contributed by atoms with Crippen molar-refractivity contribution in [3.8, 4) is 0 Å². The molecule has 0 aromatic carbocycles. The Hall–Kier alpha value is -0.680. The lowest BCUT2D eigenvalue weighted by atomic mass is 9.64. The maximum absolute atomic E-state index is 11.4. The van der Waals surface area contributed by atoms with Gasteiger partial charge in [0.2, 0.25) is 0 Å². The molecule has 1 saturated carbocycles. The normalized spacial score (nSPS) is 34.1. The number of carbonyl (C=O) groups is 1. The summed E-state index contributed by atoms with van der Waals surface area (Å²) in [6.07, 6.45) is 6.16. The summed E-state index contributed by atoms with van der Waals surface area (Å²) in [5, 5.41) is 0. The third-order valence-corrected chi connectivity index (χ3v) is 4.46. The first-order chi connectivity index (χ1) is 7.81. The zero-order valence-electron chi connectivity index (χ0n) is 10.2. The van der Waals surface area contributed by atoms with Crippen LogP contribution in [0.25, 0.3) is 0 Å². The van der Waals surface area contributed by atoms with Crippen molar-refractivity contribution in [1.82, 2.24) is 0 Å². The van der Waals surface area contributed by atoms with Crippen LogP contribution in [-0.2, 0) is 19.1 Å². The maximum Gasteiger partial charge on any atom is 0.264 e. The van der Waals surface area contributed by atoms with Crippen LogP contribution < -0.4 is 0 Å². The van der Waals surface area contributed by atoms with Crippen LogP contribution in [0.4, 0.5) is 0 Å². The molecular formula is C12H18O4S. The summed E-state index contributed by atoms with van der Waals surface area (Å²) in [5.74, 6) is 0.150. The average molecular weight is 258 g/mol. The molecule has 0 N–H and O–H groups in total. The second-order valence-corrected chi connectivity index (χ2v) is 6.84. The highest BCUT2D eigenvalue weighted by molar-refractivity contribution is 7.86. The monoisotopic (exact) mass is 258 g/mol. The van der Waals surface area contributed by atoms with Gasteiger partial charge in [-0.2, -0.15) is 8.42 Å². The van der Waals surface area contributed by atoms with Gasteiger partial charge in [0.05, 0.1) is 12.4 Å². The van der Waals surface area contributed by atoms with E-state index < -0.39 is 10.1 Å². The van der Waals surface area contributed by atoms with Gasteiger partial charge in [-0.15, -0.1) is 0 Å². The molecule has 2 rings (SSSR count). The summed E-state index contributed by atoms with van der Waals surface area (Å²) < 4.78 is 27.8. The molecule has 0 amide bonds. The minimum atomic E-state index is -3.44. The van der Waals surface area contributed by atoms with Gasteiger partial charge in [-0.1, -0.05) is 12.5 Å². The number of ketones is 1. The van der Waals surface area contributed by atoms with E-state index in [4.69, 9.17) is 4.18 Å². The van der Waals surface area contributed by atoms with Crippen LogP contribution in [0.3, 0.4) is 0 Å². The summed E-state index contributed by atoms with van der Waals surface area (Å²) >= 11 is 0. The summed E-state index contributed by atoms with van der Waals surface area (Å²) in [7, 11) is -3.44. The van der Waals surface area contributed by atoms with Gasteiger partial charge >= 0.3 is 0 Å². The molecule has 1 fully saturated rings. The molecule has 2 aliphatic rings. The standard InChI is InChI=1S/C12H18O4S/c1-12-7-6-10(13)8-9(12)4-3-5-11(12)16-17(2,14)15/h8,11H,3-7H2,1-2H3/t11-,12-/m1/s1. The van der Waals surface area contributed by atoms with Gasteiger partial charge in [-0.3, -0.25) is 8.98 Å². The van der Waals surface area contributed by atoms with Crippen LogP contribution >= 0.6 is 0 Å². The summed E-state index contributed by atoms with van der Waals surface area (Å²) in [5.41, 5.74) is 0.781. The van der Waals surface area contributed by atoms with Gasteiger partial charge in [-0.25, -0.2) is 0 Å². The predicted octanol–water partition coefficient (Wildman–Crippen LogP) is 1.81. The van der Waals surface area contributed by atoms with Gasteiger partial charge in [0.15, 0.2) is 5.78 Å². The van der Waals surface area contributed by atoms with Crippen LogP contribution in [0.15, 0.2) is 11.6 Å². The summed E-state index contributed by atoms with van der Waals surface area (Å²) in [6.45, 7) is 2.01. The topological polar surface area (TPSA) is 60.4 Å². The van der Waals surface area contributed by atoms with Gasteiger partial charge in [0, 0.05) is 11.8 Å². The largest absolute Gasteiger partial charge is 0.295 e. The molecule has 0 unspecified atom stereocenters. The molecule has 4 nitrogen and oxygen atoms in total. The SMILES string of the molecule is C[C@@]12CCC(=O)C=C1CCC[C@H]2OS(C)(=O)=O. The number of hydrogen-bond donors (Lipinski definition) is 0. The molecule has 0 radical (unpaired) electrons. The molecule has 0 saturated heterocycles. The highest BCUT2D eigenvalue weighted by atomic mass is 32.2. The molecule has 2 aliphatic carbocycles. The Labute approximate surface area is 102 Å². The number of fused-ring (bicyclic) bond motifs is 1. The molecule has 5 heteroatoms.